The summed E-state index contributed by atoms with van der Waals surface area (Å²) in [5.41, 5.74) is 4.43. The van der Waals surface area contributed by atoms with Crippen molar-refractivity contribution < 1.29 is 14.3 Å². The molecule has 0 fully saturated rings. The molecule has 2 aliphatic rings. The molecular weight excluding hydrogens is 526 g/mol. The van der Waals surface area contributed by atoms with Crippen molar-refractivity contribution in [2.75, 3.05) is 12.4 Å². The molecule has 1 aromatic heterocycles. The maximum Gasteiger partial charge on any atom is 0.256 e. The van der Waals surface area contributed by atoms with Gasteiger partial charge in [-0.05, 0) is 54.7 Å². The number of dihydropyridines is 1. The molecule has 1 atom stereocenters. The van der Waals surface area contributed by atoms with E-state index in [9.17, 15) is 9.59 Å². The third kappa shape index (κ3) is 4.52. The van der Waals surface area contributed by atoms with E-state index >= 15 is 0 Å². The lowest BCUT2D eigenvalue weighted by atomic mass is 9.68. The Balaban J connectivity index is 1.56. The Morgan fingerprint density at radius 1 is 1.20 bits per heavy atom. The highest BCUT2D eigenvalue weighted by atomic mass is 79.9. The van der Waals surface area contributed by atoms with Gasteiger partial charge in [0.15, 0.2) is 10.9 Å². The number of aromatic nitrogens is 1. The monoisotopic (exact) mass is 551 g/mol. The van der Waals surface area contributed by atoms with Crippen LogP contribution in [-0.4, -0.2) is 23.8 Å². The summed E-state index contributed by atoms with van der Waals surface area (Å²) in [6.45, 7) is 6.10. The number of fused-ring (bicyclic) bond motifs is 1. The number of nitrogens with zero attached hydrogens (tertiary/aromatic N) is 1. The van der Waals surface area contributed by atoms with Crippen molar-refractivity contribution in [1.82, 2.24) is 10.3 Å². The van der Waals surface area contributed by atoms with E-state index in [1.165, 1.54) is 11.3 Å². The molecule has 2 aromatic carbocycles. The number of Topliss-reactive ketones (excluding diaryl/α,β-unsaturated/α-hetero) is 1. The van der Waals surface area contributed by atoms with Crippen molar-refractivity contribution in [1.29, 1.82) is 0 Å². The third-order valence-electron chi connectivity index (χ3n) is 6.50. The molecule has 1 aliphatic heterocycles. The average molecular weight is 552 g/mol. The fourth-order valence-electron chi connectivity index (χ4n) is 4.98. The van der Waals surface area contributed by atoms with E-state index in [0.29, 0.717) is 22.7 Å². The van der Waals surface area contributed by atoms with Crippen LogP contribution in [0.2, 0.25) is 0 Å². The molecule has 0 saturated heterocycles. The molecule has 35 heavy (non-hydrogen) atoms. The van der Waals surface area contributed by atoms with Gasteiger partial charge in [0.1, 0.15) is 5.75 Å². The summed E-state index contributed by atoms with van der Waals surface area (Å²) in [7, 11) is 1.62. The van der Waals surface area contributed by atoms with Gasteiger partial charge in [-0.2, -0.15) is 0 Å². The summed E-state index contributed by atoms with van der Waals surface area (Å²) >= 11 is 4.90. The second-order valence-corrected chi connectivity index (χ2v) is 11.7. The minimum Gasteiger partial charge on any atom is -0.497 e. The van der Waals surface area contributed by atoms with Crippen LogP contribution in [0.1, 0.15) is 45.1 Å². The SMILES string of the molecule is COc1ccc([C@H]2C(C(=O)Nc3nc4ccc(Br)cc4s3)=C(C)NC3=C2C(=O)CC(C)(C)C3)cc1. The molecule has 1 amide bonds. The number of ketones is 1. The topological polar surface area (TPSA) is 80.3 Å². The number of anilines is 1. The fourth-order valence-corrected chi connectivity index (χ4v) is 6.40. The van der Waals surface area contributed by atoms with Crippen LogP contribution in [0.3, 0.4) is 0 Å². The van der Waals surface area contributed by atoms with E-state index in [1.807, 2.05) is 49.4 Å². The predicted octanol–water partition coefficient (Wildman–Crippen LogP) is 6.31. The van der Waals surface area contributed by atoms with E-state index in [4.69, 9.17) is 4.74 Å². The van der Waals surface area contributed by atoms with Crippen LogP contribution in [0, 0.1) is 5.41 Å². The summed E-state index contributed by atoms with van der Waals surface area (Å²) in [4.78, 5) is 31.7. The number of hydrogen-bond donors (Lipinski definition) is 2. The molecule has 6 nitrogen and oxygen atoms in total. The number of halogens is 1. The van der Waals surface area contributed by atoms with Gasteiger partial charge in [-0.15, -0.1) is 0 Å². The lowest BCUT2D eigenvalue weighted by Gasteiger charge is -2.39. The molecule has 2 N–H and O–H groups in total. The molecule has 0 bridgehead atoms. The fraction of sp³-hybridized carbons (Fsp3) is 0.296. The Hall–Kier alpha value is -2.97. The van der Waals surface area contributed by atoms with Gasteiger partial charge in [0.25, 0.3) is 5.91 Å². The minimum absolute atomic E-state index is 0.0761. The van der Waals surface area contributed by atoms with Crippen LogP contribution in [0.4, 0.5) is 5.13 Å². The highest BCUT2D eigenvalue weighted by Gasteiger charge is 2.42. The minimum atomic E-state index is -0.468. The largest absolute Gasteiger partial charge is 0.497 e. The Bertz CT molecular complexity index is 1420. The van der Waals surface area contributed by atoms with E-state index in [1.54, 1.807) is 7.11 Å². The first-order valence-electron chi connectivity index (χ1n) is 11.4. The Morgan fingerprint density at radius 3 is 2.66 bits per heavy atom. The number of nitrogens with one attached hydrogen (secondary N) is 2. The maximum atomic E-state index is 13.7. The number of rotatable bonds is 4. The summed E-state index contributed by atoms with van der Waals surface area (Å²) < 4.78 is 7.26. The van der Waals surface area contributed by atoms with Crippen molar-refractivity contribution in [2.45, 2.75) is 39.5 Å². The van der Waals surface area contributed by atoms with Gasteiger partial charge in [0, 0.05) is 39.4 Å². The standard InChI is InChI=1S/C27H26BrN3O3S/c1-14-22(25(33)31-26-30-18-10-7-16(28)11-21(18)35-26)23(15-5-8-17(34-4)9-6-15)24-19(29-14)12-27(2,3)13-20(24)32/h5-11,23,29H,12-13H2,1-4H3,(H,30,31,33)/t23-/m0/s1. The predicted molar refractivity (Wildman–Crippen MR) is 143 cm³/mol. The smallest absolute Gasteiger partial charge is 0.256 e. The van der Waals surface area contributed by atoms with Crippen molar-refractivity contribution in [3.63, 3.8) is 0 Å². The van der Waals surface area contributed by atoms with Gasteiger partial charge in [-0.1, -0.05) is 53.2 Å². The highest BCUT2D eigenvalue weighted by Crippen LogP contribution is 2.47. The summed E-state index contributed by atoms with van der Waals surface area (Å²) in [6.07, 6.45) is 1.20. The van der Waals surface area contributed by atoms with E-state index in [0.717, 1.165) is 43.8 Å². The first-order chi connectivity index (χ1) is 16.6. The number of carbonyl (C=O) groups excluding carboxylic acids is 2. The molecular formula is C27H26BrN3O3S. The first kappa shape index (κ1) is 23.8. The number of carbonyl (C=O) groups is 2. The van der Waals surface area contributed by atoms with Gasteiger partial charge >= 0.3 is 0 Å². The molecule has 0 unspecified atom stereocenters. The van der Waals surface area contributed by atoms with Crippen LogP contribution in [0.15, 0.2) is 69.5 Å². The molecule has 0 radical (unpaired) electrons. The van der Waals surface area contributed by atoms with E-state index < -0.39 is 5.92 Å². The van der Waals surface area contributed by atoms with Crippen molar-refractivity contribution in [3.05, 3.63) is 75.0 Å². The van der Waals surface area contributed by atoms with E-state index in [2.05, 4.69) is 45.4 Å². The van der Waals surface area contributed by atoms with Crippen LogP contribution < -0.4 is 15.4 Å². The molecule has 0 spiro atoms. The molecule has 2 heterocycles. The van der Waals surface area contributed by atoms with Crippen molar-refractivity contribution >= 4 is 54.3 Å². The van der Waals surface area contributed by atoms with Crippen LogP contribution in [0.25, 0.3) is 10.2 Å². The molecule has 0 saturated carbocycles. The van der Waals surface area contributed by atoms with Crippen LogP contribution >= 0.6 is 27.3 Å². The number of benzene rings is 2. The maximum absolute atomic E-state index is 13.7. The number of allylic oxidation sites excluding steroid dienone is 3. The second-order valence-electron chi connectivity index (χ2n) is 9.79. The molecule has 1 aliphatic carbocycles. The van der Waals surface area contributed by atoms with Crippen LogP contribution in [0.5, 0.6) is 5.75 Å². The van der Waals surface area contributed by atoms with Crippen molar-refractivity contribution in [3.8, 4) is 5.75 Å². The van der Waals surface area contributed by atoms with Crippen molar-refractivity contribution in [2.24, 2.45) is 5.41 Å². The average Bonchev–Trinajstić information content (AvgIpc) is 3.18. The number of ether oxygens (including phenoxy) is 1. The second kappa shape index (κ2) is 8.91. The van der Waals surface area contributed by atoms with Gasteiger partial charge in [0.2, 0.25) is 0 Å². The van der Waals surface area contributed by atoms with Gasteiger partial charge in [0.05, 0.1) is 17.3 Å². The first-order valence-corrected chi connectivity index (χ1v) is 13.0. The number of methoxy groups -OCH3 is 1. The third-order valence-corrected chi connectivity index (χ3v) is 7.93. The summed E-state index contributed by atoms with van der Waals surface area (Å²) in [6, 6.07) is 13.4. The quantitative estimate of drug-likeness (QED) is 0.397. The zero-order valence-electron chi connectivity index (χ0n) is 20.0. The van der Waals surface area contributed by atoms with Gasteiger partial charge < -0.3 is 10.1 Å². The zero-order valence-corrected chi connectivity index (χ0v) is 22.4. The molecule has 8 heteroatoms. The highest BCUT2D eigenvalue weighted by molar-refractivity contribution is 9.10. The lowest BCUT2D eigenvalue weighted by molar-refractivity contribution is -0.118. The van der Waals surface area contributed by atoms with Gasteiger partial charge in [-0.3, -0.25) is 14.9 Å². The molecule has 5 rings (SSSR count). The number of thiazole rings is 1. The normalized spacial score (nSPS) is 19.5. The number of amides is 1. The summed E-state index contributed by atoms with van der Waals surface area (Å²) in [5.74, 6) is 0.0648. The van der Waals surface area contributed by atoms with Crippen LogP contribution in [-0.2, 0) is 9.59 Å². The molecule has 3 aromatic rings. The molecule has 180 valence electrons. The number of hydrogen-bond acceptors (Lipinski definition) is 6. The zero-order chi connectivity index (χ0) is 24.9. The Kier molecular flexibility index (Phi) is 6.05. The summed E-state index contributed by atoms with van der Waals surface area (Å²) in [5, 5.41) is 6.92. The Morgan fingerprint density at radius 2 is 1.94 bits per heavy atom. The lowest BCUT2D eigenvalue weighted by Crippen LogP contribution is -2.39. The Labute approximate surface area is 216 Å². The van der Waals surface area contributed by atoms with Gasteiger partial charge in [-0.25, -0.2) is 4.98 Å². The van der Waals surface area contributed by atoms with E-state index in [-0.39, 0.29) is 17.1 Å².